The van der Waals surface area contributed by atoms with Crippen LogP contribution in [0.2, 0.25) is 0 Å². The minimum atomic E-state index is -0.340. The summed E-state index contributed by atoms with van der Waals surface area (Å²) in [6.07, 6.45) is 0. The van der Waals surface area contributed by atoms with E-state index >= 15 is 0 Å². The summed E-state index contributed by atoms with van der Waals surface area (Å²) in [5.41, 5.74) is 2.44. The highest BCUT2D eigenvalue weighted by Gasteiger charge is 2.17. The van der Waals surface area contributed by atoms with Gasteiger partial charge in [-0.1, -0.05) is 54.6 Å². The molecule has 1 N–H and O–H groups in total. The van der Waals surface area contributed by atoms with Crippen molar-refractivity contribution in [1.29, 1.82) is 0 Å². The highest BCUT2D eigenvalue weighted by atomic mass is 32.1. The van der Waals surface area contributed by atoms with E-state index in [-0.39, 0.29) is 11.7 Å². The van der Waals surface area contributed by atoms with E-state index < -0.39 is 0 Å². The Kier molecular flexibility index (Phi) is 4.69. The molecule has 0 atom stereocenters. The molecule has 30 heavy (non-hydrogen) atoms. The van der Waals surface area contributed by atoms with E-state index in [1.807, 2.05) is 54.8 Å². The molecule has 0 saturated heterocycles. The van der Waals surface area contributed by atoms with Gasteiger partial charge in [0, 0.05) is 16.3 Å². The maximum atomic E-state index is 12.7. The number of anilines is 1. The van der Waals surface area contributed by atoms with Gasteiger partial charge in [0.2, 0.25) is 0 Å². The third kappa shape index (κ3) is 3.31. The van der Waals surface area contributed by atoms with Crippen LogP contribution in [0.25, 0.3) is 33.0 Å². The lowest BCUT2D eigenvalue weighted by molar-refractivity contribution is 0.0998. The van der Waals surface area contributed by atoms with E-state index in [0.29, 0.717) is 23.1 Å². The molecular weight excluding hydrogens is 396 g/mol. The van der Waals surface area contributed by atoms with Gasteiger partial charge in [-0.3, -0.25) is 10.1 Å². The summed E-state index contributed by atoms with van der Waals surface area (Å²) in [5.74, 6) is 0.507. The van der Waals surface area contributed by atoms with Crippen molar-refractivity contribution in [3.8, 4) is 17.0 Å². The van der Waals surface area contributed by atoms with Gasteiger partial charge in [-0.15, -0.1) is 11.3 Å². The molecule has 1 amide bonds. The third-order valence-electron chi connectivity index (χ3n) is 4.82. The summed E-state index contributed by atoms with van der Waals surface area (Å²) < 4.78 is 11.4. The molecule has 0 bridgehead atoms. The molecule has 0 aliphatic rings. The molecule has 3 aromatic carbocycles. The minimum Gasteiger partial charge on any atom is -0.490 e. The summed E-state index contributed by atoms with van der Waals surface area (Å²) >= 11 is 1.38. The Morgan fingerprint density at radius 1 is 1.07 bits per heavy atom. The van der Waals surface area contributed by atoms with Crippen molar-refractivity contribution in [2.45, 2.75) is 6.92 Å². The Bertz CT molecular complexity index is 1360. The molecule has 148 valence electrons. The highest BCUT2D eigenvalue weighted by molar-refractivity contribution is 7.14. The number of furan rings is 1. The number of amides is 1. The average Bonchev–Trinajstić information content (AvgIpc) is 3.41. The smallest absolute Gasteiger partial charge is 0.293 e. The number of fused-ring (bicyclic) bond motifs is 2. The molecule has 0 aliphatic carbocycles. The number of para-hydroxylation sites is 1. The maximum Gasteiger partial charge on any atom is 0.293 e. The number of thiazole rings is 1. The number of rotatable bonds is 5. The van der Waals surface area contributed by atoms with E-state index in [2.05, 4.69) is 28.5 Å². The second kappa shape index (κ2) is 7.65. The first-order valence-corrected chi connectivity index (χ1v) is 10.5. The molecule has 2 heterocycles. The number of aromatic nitrogens is 1. The number of benzene rings is 3. The summed E-state index contributed by atoms with van der Waals surface area (Å²) in [5, 5.41) is 8.42. The predicted molar refractivity (Wildman–Crippen MR) is 120 cm³/mol. The number of carbonyl (C=O) groups is 1. The van der Waals surface area contributed by atoms with Gasteiger partial charge in [0.25, 0.3) is 5.91 Å². The third-order valence-corrected chi connectivity index (χ3v) is 5.58. The first-order chi connectivity index (χ1) is 14.7. The number of hydrogen-bond acceptors (Lipinski definition) is 5. The van der Waals surface area contributed by atoms with Crippen LogP contribution in [-0.2, 0) is 0 Å². The molecule has 0 radical (unpaired) electrons. The molecule has 5 aromatic rings. The van der Waals surface area contributed by atoms with E-state index in [1.165, 1.54) is 11.3 Å². The van der Waals surface area contributed by atoms with Crippen LogP contribution in [0.1, 0.15) is 17.5 Å². The summed E-state index contributed by atoms with van der Waals surface area (Å²) in [4.78, 5) is 17.3. The van der Waals surface area contributed by atoms with E-state index in [4.69, 9.17) is 9.15 Å². The van der Waals surface area contributed by atoms with Gasteiger partial charge in [0.1, 0.15) is 0 Å². The van der Waals surface area contributed by atoms with Gasteiger partial charge in [0.15, 0.2) is 22.2 Å². The van der Waals surface area contributed by atoms with Gasteiger partial charge >= 0.3 is 0 Å². The van der Waals surface area contributed by atoms with Crippen LogP contribution in [0.15, 0.2) is 76.5 Å². The lowest BCUT2D eigenvalue weighted by Gasteiger charge is -2.03. The van der Waals surface area contributed by atoms with Crippen molar-refractivity contribution >= 4 is 44.1 Å². The number of ether oxygens (including phenoxy) is 1. The lowest BCUT2D eigenvalue weighted by Crippen LogP contribution is -2.10. The van der Waals surface area contributed by atoms with Crippen LogP contribution in [0.4, 0.5) is 5.13 Å². The van der Waals surface area contributed by atoms with Gasteiger partial charge < -0.3 is 9.15 Å². The zero-order valence-electron chi connectivity index (χ0n) is 16.2. The van der Waals surface area contributed by atoms with Gasteiger partial charge in [-0.05, 0) is 29.8 Å². The van der Waals surface area contributed by atoms with Gasteiger partial charge in [-0.25, -0.2) is 4.98 Å². The molecule has 0 saturated carbocycles. The monoisotopic (exact) mass is 414 g/mol. The van der Waals surface area contributed by atoms with Gasteiger partial charge in [0.05, 0.1) is 12.3 Å². The molecule has 0 spiro atoms. The standard InChI is InChI=1S/C24H18N2O3S/c1-2-28-20-12-6-9-16-13-21(29-22(16)20)23(27)26-24-25-19(14-30-24)18-11-5-8-15-7-3-4-10-17(15)18/h3-14H,2H2,1H3,(H,25,26,27). The predicted octanol–water partition coefficient (Wildman–Crippen LogP) is 6.36. The SMILES string of the molecule is CCOc1cccc2cc(C(=O)Nc3nc(-c4cccc5ccccc45)cs3)oc12. The molecule has 6 heteroatoms. The summed E-state index contributed by atoms with van der Waals surface area (Å²) in [7, 11) is 0. The van der Waals surface area contributed by atoms with Crippen LogP contribution in [0.3, 0.4) is 0 Å². The van der Waals surface area contributed by atoms with Crippen LogP contribution < -0.4 is 10.1 Å². The molecule has 0 aliphatic heterocycles. The number of carbonyl (C=O) groups excluding carboxylic acids is 1. The van der Waals surface area contributed by atoms with Crippen molar-refractivity contribution in [3.63, 3.8) is 0 Å². The molecule has 5 nitrogen and oxygen atoms in total. The number of nitrogens with one attached hydrogen (secondary N) is 1. The fraction of sp³-hybridized carbons (Fsp3) is 0.0833. The van der Waals surface area contributed by atoms with E-state index in [0.717, 1.165) is 27.4 Å². The second-order valence-electron chi connectivity index (χ2n) is 6.74. The van der Waals surface area contributed by atoms with E-state index in [9.17, 15) is 4.79 Å². The van der Waals surface area contributed by atoms with Crippen molar-refractivity contribution in [3.05, 3.63) is 77.9 Å². The van der Waals surface area contributed by atoms with Crippen molar-refractivity contribution < 1.29 is 13.9 Å². The fourth-order valence-corrected chi connectivity index (χ4v) is 4.19. The highest BCUT2D eigenvalue weighted by Crippen LogP contribution is 2.32. The number of hydrogen-bond donors (Lipinski definition) is 1. The van der Waals surface area contributed by atoms with Crippen molar-refractivity contribution in [1.82, 2.24) is 4.98 Å². The van der Waals surface area contributed by atoms with Gasteiger partial charge in [-0.2, -0.15) is 0 Å². The second-order valence-corrected chi connectivity index (χ2v) is 7.59. The van der Waals surface area contributed by atoms with Crippen LogP contribution in [0.5, 0.6) is 5.75 Å². The Morgan fingerprint density at radius 3 is 2.77 bits per heavy atom. The minimum absolute atomic E-state index is 0.221. The van der Waals surface area contributed by atoms with Crippen molar-refractivity contribution in [2.24, 2.45) is 0 Å². The average molecular weight is 414 g/mol. The molecule has 5 rings (SSSR count). The van der Waals surface area contributed by atoms with Crippen molar-refractivity contribution in [2.75, 3.05) is 11.9 Å². The Morgan fingerprint density at radius 2 is 1.87 bits per heavy atom. The molecular formula is C24H18N2O3S. The molecule has 0 unspecified atom stereocenters. The lowest BCUT2D eigenvalue weighted by atomic mass is 10.0. The van der Waals surface area contributed by atoms with Crippen LogP contribution in [-0.4, -0.2) is 17.5 Å². The summed E-state index contributed by atoms with van der Waals surface area (Å²) in [6.45, 7) is 2.43. The first kappa shape index (κ1) is 18.4. The van der Waals surface area contributed by atoms with Crippen LogP contribution in [0, 0.1) is 0 Å². The zero-order chi connectivity index (χ0) is 20.5. The quantitative estimate of drug-likeness (QED) is 0.363. The molecule has 0 fully saturated rings. The summed E-state index contributed by atoms with van der Waals surface area (Å²) in [6, 6.07) is 21.6. The Balaban J connectivity index is 1.42. The normalized spacial score (nSPS) is 11.1. The Labute approximate surface area is 176 Å². The van der Waals surface area contributed by atoms with E-state index in [1.54, 1.807) is 6.07 Å². The Hall–Kier alpha value is -3.64. The van der Waals surface area contributed by atoms with Crippen LogP contribution >= 0.6 is 11.3 Å². The number of nitrogens with zero attached hydrogens (tertiary/aromatic N) is 1. The topological polar surface area (TPSA) is 64.4 Å². The zero-order valence-corrected chi connectivity index (χ0v) is 17.0. The first-order valence-electron chi connectivity index (χ1n) is 9.63. The largest absolute Gasteiger partial charge is 0.490 e. The molecule has 2 aromatic heterocycles. The maximum absolute atomic E-state index is 12.7. The fourth-order valence-electron chi connectivity index (χ4n) is 3.48.